The van der Waals surface area contributed by atoms with Gasteiger partial charge in [0.15, 0.2) is 5.65 Å². The number of hydrogen-bond donors (Lipinski definition) is 2. The number of nitrogens with zero attached hydrogens (tertiary/aromatic N) is 2. The summed E-state index contributed by atoms with van der Waals surface area (Å²) in [4.78, 5) is 23.7. The van der Waals surface area contributed by atoms with E-state index in [4.69, 9.17) is 0 Å². The molecule has 0 atom stereocenters. The van der Waals surface area contributed by atoms with Gasteiger partial charge in [0.1, 0.15) is 5.52 Å². The SMILES string of the molecule is CC(=O)Nc1ccc2nc3c(nc2c1)[nH]c1ccccc13. The van der Waals surface area contributed by atoms with E-state index in [1.54, 1.807) is 0 Å². The second-order valence-corrected chi connectivity index (χ2v) is 4.98. The van der Waals surface area contributed by atoms with Crippen LogP contribution in [0.3, 0.4) is 0 Å². The predicted octanol–water partition coefficient (Wildman–Crippen LogP) is 3.22. The second-order valence-electron chi connectivity index (χ2n) is 4.98. The number of carbonyl (C=O) groups is 1. The Bertz CT molecular complexity index is 1000. The van der Waals surface area contributed by atoms with Crippen LogP contribution in [-0.4, -0.2) is 20.9 Å². The molecule has 0 saturated carbocycles. The Kier molecular flexibility index (Phi) is 2.41. The van der Waals surface area contributed by atoms with Gasteiger partial charge in [-0.05, 0) is 24.3 Å². The van der Waals surface area contributed by atoms with E-state index in [2.05, 4.69) is 20.3 Å². The van der Waals surface area contributed by atoms with Crippen molar-refractivity contribution >= 4 is 44.7 Å². The lowest BCUT2D eigenvalue weighted by Gasteiger charge is -2.03. The number of amides is 1. The highest BCUT2D eigenvalue weighted by Crippen LogP contribution is 2.25. The minimum absolute atomic E-state index is 0.103. The molecule has 0 saturated heterocycles. The molecule has 0 bridgehead atoms. The zero-order valence-corrected chi connectivity index (χ0v) is 11.3. The summed E-state index contributed by atoms with van der Waals surface area (Å²) in [5.74, 6) is -0.103. The van der Waals surface area contributed by atoms with Gasteiger partial charge in [-0.1, -0.05) is 18.2 Å². The summed E-state index contributed by atoms with van der Waals surface area (Å²) in [6, 6.07) is 13.5. The molecule has 2 aromatic carbocycles. The van der Waals surface area contributed by atoms with Gasteiger partial charge in [-0.15, -0.1) is 0 Å². The van der Waals surface area contributed by atoms with E-state index in [0.717, 1.165) is 38.8 Å². The Hall–Kier alpha value is -2.95. The average molecular weight is 276 g/mol. The van der Waals surface area contributed by atoms with Crippen LogP contribution < -0.4 is 5.32 Å². The van der Waals surface area contributed by atoms with Gasteiger partial charge in [0.2, 0.25) is 5.91 Å². The first-order valence-electron chi connectivity index (χ1n) is 6.66. The summed E-state index contributed by atoms with van der Waals surface area (Å²) >= 11 is 0. The fourth-order valence-corrected chi connectivity index (χ4v) is 2.54. The van der Waals surface area contributed by atoms with Gasteiger partial charge < -0.3 is 10.3 Å². The third kappa shape index (κ3) is 1.90. The summed E-state index contributed by atoms with van der Waals surface area (Å²) in [5.41, 5.74) is 4.92. The fourth-order valence-electron chi connectivity index (χ4n) is 2.54. The molecule has 0 aliphatic carbocycles. The fraction of sp³-hybridized carbons (Fsp3) is 0.0625. The van der Waals surface area contributed by atoms with Crippen LogP contribution in [0.25, 0.3) is 33.1 Å². The number of aromatic amines is 1. The third-order valence-electron chi connectivity index (χ3n) is 3.42. The molecule has 2 N–H and O–H groups in total. The van der Waals surface area contributed by atoms with Gasteiger partial charge in [-0.3, -0.25) is 4.79 Å². The Morgan fingerprint density at radius 3 is 2.81 bits per heavy atom. The summed E-state index contributed by atoms with van der Waals surface area (Å²) in [6.45, 7) is 1.48. The van der Waals surface area contributed by atoms with Crippen molar-refractivity contribution in [2.75, 3.05) is 5.32 Å². The molecule has 5 heteroatoms. The maximum absolute atomic E-state index is 11.1. The van der Waals surface area contributed by atoms with E-state index in [0.29, 0.717) is 0 Å². The van der Waals surface area contributed by atoms with Crippen molar-refractivity contribution in [3.8, 4) is 0 Å². The standard InChI is InChI=1S/C16H12N4O/c1-9(21)17-10-6-7-13-14(8-10)20-16-15(18-13)11-4-2-3-5-12(11)19-16/h2-8H,1H3,(H,17,21)(H,19,20). The van der Waals surface area contributed by atoms with Gasteiger partial charge in [-0.25, -0.2) is 9.97 Å². The van der Waals surface area contributed by atoms with Crippen LogP contribution in [0.5, 0.6) is 0 Å². The van der Waals surface area contributed by atoms with Gasteiger partial charge in [0.25, 0.3) is 0 Å². The number of aromatic nitrogens is 3. The van der Waals surface area contributed by atoms with E-state index in [-0.39, 0.29) is 5.91 Å². The topological polar surface area (TPSA) is 70.7 Å². The molecule has 4 rings (SSSR count). The first-order valence-corrected chi connectivity index (χ1v) is 6.66. The summed E-state index contributed by atoms with van der Waals surface area (Å²) in [7, 11) is 0. The first-order chi connectivity index (χ1) is 10.2. The van der Waals surface area contributed by atoms with Crippen molar-refractivity contribution in [3.05, 3.63) is 42.5 Å². The lowest BCUT2D eigenvalue weighted by Crippen LogP contribution is -2.05. The molecular weight excluding hydrogens is 264 g/mol. The minimum Gasteiger partial charge on any atom is -0.338 e. The van der Waals surface area contributed by atoms with Crippen molar-refractivity contribution < 1.29 is 4.79 Å². The van der Waals surface area contributed by atoms with Crippen molar-refractivity contribution in [1.29, 1.82) is 0 Å². The summed E-state index contributed by atoms with van der Waals surface area (Å²) < 4.78 is 0. The number of carbonyl (C=O) groups excluding carboxylic acids is 1. The van der Waals surface area contributed by atoms with Gasteiger partial charge in [-0.2, -0.15) is 0 Å². The van der Waals surface area contributed by atoms with Crippen LogP contribution in [0.1, 0.15) is 6.92 Å². The molecular formula is C16H12N4O. The summed E-state index contributed by atoms with van der Waals surface area (Å²) in [5, 5.41) is 3.82. The molecule has 21 heavy (non-hydrogen) atoms. The number of fused-ring (bicyclic) bond motifs is 4. The highest BCUT2D eigenvalue weighted by atomic mass is 16.1. The molecule has 2 heterocycles. The number of para-hydroxylation sites is 1. The molecule has 0 aliphatic rings. The molecule has 4 aromatic rings. The van der Waals surface area contributed by atoms with Crippen LogP contribution in [0.15, 0.2) is 42.5 Å². The van der Waals surface area contributed by atoms with Crippen LogP contribution >= 0.6 is 0 Å². The molecule has 0 fully saturated rings. The lowest BCUT2D eigenvalue weighted by molar-refractivity contribution is -0.114. The van der Waals surface area contributed by atoms with Crippen LogP contribution in [0.2, 0.25) is 0 Å². The molecule has 0 unspecified atom stereocenters. The van der Waals surface area contributed by atoms with E-state index < -0.39 is 0 Å². The predicted molar refractivity (Wildman–Crippen MR) is 83.2 cm³/mol. The molecule has 102 valence electrons. The highest BCUT2D eigenvalue weighted by Gasteiger charge is 2.08. The Labute approximate surface area is 120 Å². The van der Waals surface area contributed by atoms with Crippen LogP contribution in [0.4, 0.5) is 5.69 Å². The third-order valence-corrected chi connectivity index (χ3v) is 3.42. The molecule has 0 aliphatic heterocycles. The number of anilines is 1. The van der Waals surface area contributed by atoms with Crippen molar-refractivity contribution in [2.45, 2.75) is 6.92 Å². The molecule has 0 radical (unpaired) electrons. The number of hydrogen-bond acceptors (Lipinski definition) is 3. The number of H-pyrrole nitrogens is 1. The normalized spacial score (nSPS) is 11.3. The number of benzene rings is 2. The average Bonchev–Trinajstić information content (AvgIpc) is 2.81. The van der Waals surface area contributed by atoms with Gasteiger partial charge in [0, 0.05) is 23.5 Å². The van der Waals surface area contributed by atoms with Crippen molar-refractivity contribution in [2.24, 2.45) is 0 Å². The van der Waals surface area contributed by atoms with Gasteiger partial charge in [0.05, 0.1) is 11.0 Å². The first kappa shape index (κ1) is 11.8. The monoisotopic (exact) mass is 276 g/mol. The van der Waals surface area contributed by atoms with Crippen molar-refractivity contribution in [3.63, 3.8) is 0 Å². The van der Waals surface area contributed by atoms with E-state index in [1.807, 2.05) is 42.5 Å². The Morgan fingerprint density at radius 1 is 1.10 bits per heavy atom. The van der Waals surface area contributed by atoms with E-state index >= 15 is 0 Å². The van der Waals surface area contributed by atoms with Crippen molar-refractivity contribution in [1.82, 2.24) is 15.0 Å². The molecule has 2 aromatic heterocycles. The number of rotatable bonds is 1. The van der Waals surface area contributed by atoms with Gasteiger partial charge >= 0.3 is 0 Å². The second kappa shape index (κ2) is 4.28. The largest absolute Gasteiger partial charge is 0.338 e. The lowest BCUT2D eigenvalue weighted by atomic mass is 10.2. The molecule has 5 nitrogen and oxygen atoms in total. The number of nitrogens with one attached hydrogen (secondary N) is 2. The van der Waals surface area contributed by atoms with E-state index in [1.165, 1.54) is 6.92 Å². The molecule has 1 amide bonds. The zero-order valence-electron chi connectivity index (χ0n) is 11.3. The zero-order chi connectivity index (χ0) is 14.4. The highest BCUT2D eigenvalue weighted by molar-refractivity contribution is 6.05. The summed E-state index contributed by atoms with van der Waals surface area (Å²) in [6.07, 6.45) is 0. The Morgan fingerprint density at radius 2 is 1.95 bits per heavy atom. The quantitative estimate of drug-likeness (QED) is 0.560. The maximum Gasteiger partial charge on any atom is 0.221 e. The van der Waals surface area contributed by atoms with Crippen LogP contribution in [-0.2, 0) is 4.79 Å². The maximum atomic E-state index is 11.1. The Balaban J connectivity index is 2.00. The smallest absolute Gasteiger partial charge is 0.221 e. The van der Waals surface area contributed by atoms with Crippen LogP contribution in [0, 0.1) is 0 Å². The minimum atomic E-state index is -0.103. The van der Waals surface area contributed by atoms with E-state index in [9.17, 15) is 4.79 Å². The molecule has 0 spiro atoms.